The van der Waals surface area contributed by atoms with E-state index in [1.165, 1.54) is 5.56 Å². The van der Waals surface area contributed by atoms with E-state index in [0.717, 1.165) is 35.4 Å². The minimum Gasteiger partial charge on any atom is -0.338 e. The Labute approximate surface area is 141 Å². The molecule has 3 aromatic rings. The van der Waals surface area contributed by atoms with Crippen molar-refractivity contribution in [2.75, 3.05) is 11.9 Å². The van der Waals surface area contributed by atoms with Gasteiger partial charge in [0.1, 0.15) is 5.82 Å². The number of benzene rings is 2. The molecule has 24 heavy (non-hydrogen) atoms. The maximum Gasteiger partial charge on any atom is 0.319 e. The number of aryl methyl sites for hydroxylation is 3. The van der Waals surface area contributed by atoms with E-state index >= 15 is 0 Å². The van der Waals surface area contributed by atoms with Crippen molar-refractivity contribution in [3.63, 3.8) is 0 Å². The van der Waals surface area contributed by atoms with E-state index in [1.807, 2.05) is 49.4 Å². The molecule has 2 N–H and O–H groups in total. The Morgan fingerprint density at radius 1 is 1.08 bits per heavy atom. The summed E-state index contributed by atoms with van der Waals surface area (Å²) in [7, 11) is 2.06. The predicted molar refractivity (Wildman–Crippen MR) is 97.3 cm³/mol. The van der Waals surface area contributed by atoms with Crippen LogP contribution in [0.3, 0.4) is 0 Å². The van der Waals surface area contributed by atoms with E-state index in [0.29, 0.717) is 6.54 Å². The molecule has 0 unspecified atom stereocenters. The van der Waals surface area contributed by atoms with Crippen LogP contribution in [-0.4, -0.2) is 22.1 Å². The first-order valence-electron chi connectivity index (χ1n) is 8.21. The van der Waals surface area contributed by atoms with E-state index in [9.17, 15) is 4.79 Å². The molecule has 0 bridgehead atoms. The van der Waals surface area contributed by atoms with Crippen molar-refractivity contribution in [2.24, 2.45) is 7.05 Å². The molecule has 1 aromatic heterocycles. The summed E-state index contributed by atoms with van der Waals surface area (Å²) in [4.78, 5) is 16.2. The smallest absolute Gasteiger partial charge is 0.319 e. The molecule has 0 aliphatic heterocycles. The minimum atomic E-state index is -0.176. The number of urea groups is 1. The highest BCUT2D eigenvalue weighted by molar-refractivity contribution is 5.89. The molecule has 0 atom stereocenters. The zero-order valence-electron chi connectivity index (χ0n) is 14.0. The first-order valence-corrected chi connectivity index (χ1v) is 8.21. The highest BCUT2D eigenvalue weighted by Gasteiger charge is 2.07. The van der Waals surface area contributed by atoms with Crippen molar-refractivity contribution >= 4 is 22.8 Å². The maximum atomic E-state index is 11.5. The molecule has 0 saturated carbocycles. The standard InChI is InChI=1S/C19H22N4O/c1-3-20-19(24)21-15-11-8-14(9-12-15)10-13-18-22-16-6-4-5-7-17(16)23(18)2/h4-9,11-12H,3,10,13H2,1-2H3,(H2,20,21,24). The topological polar surface area (TPSA) is 59.0 Å². The molecule has 1 heterocycles. The van der Waals surface area contributed by atoms with Gasteiger partial charge in [0.05, 0.1) is 11.0 Å². The van der Waals surface area contributed by atoms with E-state index < -0.39 is 0 Å². The third-order valence-electron chi connectivity index (χ3n) is 4.07. The molecule has 0 aliphatic carbocycles. The Morgan fingerprint density at radius 2 is 1.83 bits per heavy atom. The van der Waals surface area contributed by atoms with Gasteiger partial charge in [0.15, 0.2) is 0 Å². The van der Waals surface area contributed by atoms with Crippen molar-refractivity contribution in [2.45, 2.75) is 19.8 Å². The summed E-state index contributed by atoms with van der Waals surface area (Å²) in [5.74, 6) is 1.08. The van der Waals surface area contributed by atoms with E-state index in [-0.39, 0.29) is 6.03 Å². The number of nitrogens with zero attached hydrogens (tertiary/aromatic N) is 2. The van der Waals surface area contributed by atoms with Crippen LogP contribution in [0.15, 0.2) is 48.5 Å². The first-order chi connectivity index (χ1) is 11.7. The van der Waals surface area contributed by atoms with Crippen LogP contribution in [0.1, 0.15) is 18.3 Å². The number of anilines is 1. The van der Waals surface area contributed by atoms with Gasteiger partial charge in [-0.3, -0.25) is 0 Å². The van der Waals surface area contributed by atoms with Gasteiger partial charge in [-0.25, -0.2) is 9.78 Å². The summed E-state index contributed by atoms with van der Waals surface area (Å²) < 4.78 is 2.15. The number of fused-ring (bicyclic) bond motifs is 1. The highest BCUT2D eigenvalue weighted by Crippen LogP contribution is 2.16. The third kappa shape index (κ3) is 3.56. The average Bonchev–Trinajstić information content (AvgIpc) is 2.91. The lowest BCUT2D eigenvalue weighted by Crippen LogP contribution is -2.28. The first kappa shape index (κ1) is 16.1. The van der Waals surface area contributed by atoms with Crippen molar-refractivity contribution in [3.05, 3.63) is 59.9 Å². The van der Waals surface area contributed by atoms with Gasteiger partial charge < -0.3 is 15.2 Å². The summed E-state index contributed by atoms with van der Waals surface area (Å²) in [5, 5.41) is 5.52. The molecule has 0 aliphatic rings. The Morgan fingerprint density at radius 3 is 2.54 bits per heavy atom. The van der Waals surface area contributed by atoms with Gasteiger partial charge in [-0.2, -0.15) is 0 Å². The van der Waals surface area contributed by atoms with Crippen LogP contribution in [-0.2, 0) is 19.9 Å². The Hall–Kier alpha value is -2.82. The van der Waals surface area contributed by atoms with Crippen molar-refractivity contribution < 1.29 is 4.79 Å². The van der Waals surface area contributed by atoms with Crippen molar-refractivity contribution in [3.8, 4) is 0 Å². The lowest BCUT2D eigenvalue weighted by Gasteiger charge is -2.07. The van der Waals surface area contributed by atoms with Gasteiger partial charge in [-0.1, -0.05) is 24.3 Å². The predicted octanol–water partition coefficient (Wildman–Crippen LogP) is 3.50. The lowest BCUT2D eigenvalue weighted by atomic mass is 10.1. The van der Waals surface area contributed by atoms with Crippen LogP contribution in [0.25, 0.3) is 11.0 Å². The molecule has 5 heteroatoms. The number of aromatic nitrogens is 2. The minimum absolute atomic E-state index is 0.176. The van der Waals surface area contributed by atoms with Gasteiger partial charge in [0.2, 0.25) is 0 Å². The molecular formula is C19H22N4O. The van der Waals surface area contributed by atoms with Crippen LogP contribution >= 0.6 is 0 Å². The molecule has 0 radical (unpaired) electrons. The molecule has 0 fully saturated rings. The summed E-state index contributed by atoms with van der Waals surface area (Å²) in [6.45, 7) is 2.51. The van der Waals surface area contributed by atoms with Gasteiger partial charge in [-0.05, 0) is 43.2 Å². The van der Waals surface area contributed by atoms with Gasteiger partial charge in [0, 0.05) is 25.7 Å². The fourth-order valence-corrected chi connectivity index (χ4v) is 2.77. The van der Waals surface area contributed by atoms with Gasteiger partial charge >= 0.3 is 6.03 Å². The number of nitrogens with one attached hydrogen (secondary N) is 2. The van der Waals surface area contributed by atoms with Crippen LogP contribution in [0.2, 0.25) is 0 Å². The van der Waals surface area contributed by atoms with Crippen molar-refractivity contribution in [1.82, 2.24) is 14.9 Å². The van der Waals surface area contributed by atoms with Crippen molar-refractivity contribution in [1.29, 1.82) is 0 Å². The molecule has 0 spiro atoms. The molecule has 3 rings (SSSR count). The van der Waals surface area contributed by atoms with Crippen LogP contribution in [0, 0.1) is 0 Å². The van der Waals surface area contributed by atoms with Crippen LogP contribution in [0.5, 0.6) is 0 Å². The second kappa shape index (κ2) is 7.17. The normalized spacial score (nSPS) is 10.8. The molecule has 2 amide bonds. The second-order valence-electron chi connectivity index (χ2n) is 5.76. The number of para-hydroxylation sites is 2. The number of hydrogen-bond acceptors (Lipinski definition) is 2. The SMILES string of the molecule is CCNC(=O)Nc1ccc(CCc2nc3ccccc3n2C)cc1. The number of carbonyl (C=O) groups excluding carboxylic acids is 1. The van der Waals surface area contributed by atoms with Crippen LogP contribution < -0.4 is 10.6 Å². The third-order valence-corrected chi connectivity index (χ3v) is 4.07. The molecule has 5 nitrogen and oxygen atoms in total. The molecule has 0 saturated heterocycles. The fraction of sp³-hybridized carbons (Fsp3) is 0.263. The Balaban J connectivity index is 1.63. The zero-order valence-corrected chi connectivity index (χ0v) is 14.0. The van der Waals surface area contributed by atoms with Gasteiger partial charge in [-0.15, -0.1) is 0 Å². The Kier molecular flexibility index (Phi) is 4.79. The summed E-state index contributed by atoms with van der Waals surface area (Å²) >= 11 is 0. The van der Waals surface area contributed by atoms with Gasteiger partial charge in [0.25, 0.3) is 0 Å². The number of imidazole rings is 1. The summed E-state index contributed by atoms with van der Waals surface area (Å²) in [6, 6.07) is 16.0. The lowest BCUT2D eigenvalue weighted by molar-refractivity contribution is 0.252. The van der Waals surface area contributed by atoms with Crippen LogP contribution in [0.4, 0.5) is 10.5 Å². The molecular weight excluding hydrogens is 300 g/mol. The fourth-order valence-electron chi connectivity index (χ4n) is 2.77. The van der Waals surface area contributed by atoms with E-state index in [2.05, 4.69) is 28.3 Å². The number of rotatable bonds is 5. The zero-order chi connectivity index (χ0) is 16.9. The largest absolute Gasteiger partial charge is 0.338 e. The highest BCUT2D eigenvalue weighted by atomic mass is 16.2. The summed E-state index contributed by atoms with van der Waals surface area (Å²) in [5.41, 5.74) is 4.22. The maximum absolute atomic E-state index is 11.5. The molecule has 124 valence electrons. The Bertz CT molecular complexity index is 836. The number of hydrogen-bond donors (Lipinski definition) is 2. The van der Waals surface area contributed by atoms with E-state index in [4.69, 9.17) is 4.98 Å². The van der Waals surface area contributed by atoms with E-state index in [1.54, 1.807) is 0 Å². The quantitative estimate of drug-likeness (QED) is 0.755. The molecule has 2 aromatic carbocycles. The second-order valence-corrected chi connectivity index (χ2v) is 5.76. The monoisotopic (exact) mass is 322 g/mol. The summed E-state index contributed by atoms with van der Waals surface area (Å²) in [6.07, 6.45) is 1.80. The number of amides is 2. The number of carbonyl (C=O) groups is 1. The average molecular weight is 322 g/mol.